The molecule has 0 bridgehead atoms. The molecule has 1 amide bonds. The Bertz CT molecular complexity index is 616. The van der Waals surface area contributed by atoms with E-state index < -0.39 is 5.97 Å². The minimum Gasteiger partial charge on any atom is -0.465 e. The molecule has 1 atom stereocenters. The maximum atomic E-state index is 12.1. The van der Waals surface area contributed by atoms with Crippen LogP contribution in [-0.4, -0.2) is 48.8 Å². The summed E-state index contributed by atoms with van der Waals surface area (Å²) >= 11 is 1.46. The second kappa shape index (κ2) is 9.46. The van der Waals surface area contributed by atoms with Crippen molar-refractivity contribution in [3.8, 4) is 0 Å². The van der Waals surface area contributed by atoms with Crippen LogP contribution >= 0.6 is 11.8 Å². The predicted molar refractivity (Wildman–Crippen MR) is 95.2 cm³/mol. The Balaban J connectivity index is 1.98. The van der Waals surface area contributed by atoms with E-state index in [9.17, 15) is 14.4 Å². The van der Waals surface area contributed by atoms with E-state index in [0.717, 1.165) is 24.8 Å². The van der Waals surface area contributed by atoms with Gasteiger partial charge in [0.05, 0.1) is 25.0 Å². The Morgan fingerprint density at radius 2 is 1.96 bits per heavy atom. The molecule has 0 radical (unpaired) electrons. The third-order valence-corrected chi connectivity index (χ3v) is 5.15. The lowest BCUT2D eigenvalue weighted by molar-refractivity contribution is -0.148. The number of ether oxygens (including phenoxy) is 2. The zero-order chi connectivity index (χ0) is 18.2. The number of carbonyl (C=O) groups is 3. The van der Waals surface area contributed by atoms with Crippen LogP contribution in [0.3, 0.4) is 0 Å². The Morgan fingerprint density at radius 1 is 1.24 bits per heavy atom. The minimum atomic E-state index is -0.408. The summed E-state index contributed by atoms with van der Waals surface area (Å²) in [6.45, 7) is 2.42. The van der Waals surface area contributed by atoms with Crippen molar-refractivity contribution in [1.82, 2.24) is 4.90 Å². The van der Waals surface area contributed by atoms with E-state index in [1.165, 1.54) is 23.8 Å². The Morgan fingerprint density at radius 3 is 2.60 bits per heavy atom. The fourth-order valence-electron chi connectivity index (χ4n) is 2.53. The first-order chi connectivity index (χ1) is 12.1. The highest BCUT2D eigenvalue weighted by Crippen LogP contribution is 2.38. The van der Waals surface area contributed by atoms with Crippen LogP contribution in [0.5, 0.6) is 0 Å². The summed E-state index contributed by atoms with van der Waals surface area (Å²) in [4.78, 5) is 37.1. The van der Waals surface area contributed by atoms with Gasteiger partial charge in [-0.25, -0.2) is 4.79 Å². The van der Waals surface area contributed by atoms with Gasteiger partial charge in [0.1, 0.15) is 11.9 Å². The smallest absolute Gasteiger partial charge is 0.337 e. The third-order valence-electron chi connectivity index (χ3n) is 3.90. The van der Waals surface area contributed by atoms with E-state index in [1.807, 2.05) is 0 Å². The van der Waals surface area contributed by atoms with Gasteiger partial charge in [-0.1, -0.05) is 31.9 Å². The number of methoxy groups -OCH3 is 1. The minimum absolute atomic E-state index is 0.0542. The molecule has 1 aromatic carbocycles. The van der Waals surface area contributed by atoms with Gasteiger partial charge in [0.2, 0.25) is 5.91 Å². The van der Waals surface area contributed by atoms with Crippen LogP contribution in [0.1, 0.15) is 47.5 Å². The van der Waals surface area contributed by atoms with E-state index in [2.05, 4.69) is 11.7 Å². The highest BCUT2D eigenvalue weighted by atomic mass is 32.2. The molecule has 7 heteroatoms. The molecule has 1 heterocycles. The quantitative estimate of drug-likeness (QED) is 0.521. The van der Waals surface area contributed by atoms with Crippen LogP contribution in [0.15, 0.2) is 24.3 Å². The van der Waals surface area contributed by atoms with Gasteiger partial charge in [0, 0.05) is 0 Å². The number of esters is 2. The zero-order valence-electron chi connectivity index (χ0n) is 14.5. The van der Waals surface area contributed by atoms with Crippen LogP contribution < -0.4 is 0 Å². The molecule has 1 unspecified atom stereocenters. The SMILES string of the molecule is CCCCCOC(=O)CN1C(=O)CSC1c1ccc(C(=O)OC)cc1. The van der Waals surface area contributed by atoms with E-state index >= 15 is 0 Å². The van der Waals surface area contributed by atoms with Crippen molar-refractivity contribution >= 4 is 29.6 Å². The molecule has 0 aromatic heterocycles. The zero-order valence-corrected chi connectivity index (χ0v) is 15.3. The van der Waals surface area contributed by atoms with Crippen molar-refractivity contribution in [2.24, 2.45) is 0 Å². The van der Waals surface area contributed by atoms with Crippen LogP contribution in [-0.2, 0) is 19.1 Å². The summed E-state index contributed by atoms with van der Waals surface area (Å²) < 4.78 is 9.88. The lowest BCUT2D eigenvalue weighted by atomic mass is 10.1. The molecule has 136 valence electrons. The van der Waals surface area contributed by atoms with E-state index in [0.29, 0.717) is 17.9 Å². The average molecular weight is 365 g/mol. The molecule has 0 N–H and O–H groups in total. The monoisotopic (exact) mass is 365 g/mol. The molecule has 1 fully saturated rings. The van der Waals surface area contributed by atoms with Crippen LogP contribution in [0.4, 0.5) is 0 Å². The number of amides is 1. The summed E-state index contributed by atoms with van der Waals surface area (Å²) in [5, 5.41) is -0.248. The number of hydrogen-bond acceptors (Lipinski definition) is 6. The Labute approximate surface area is 151 Å². The van der Waals surface area contributed by atoms with Crippen molar-refractivity contribution in [1.29, 1.82) is 0 Å². The van der Waals surface area contributed by atoms with Crippen molar-refractivity contribution in [2.45, 2.75) is 31.6 Å². The number of nitrogens with zero attached hydrogens (tertiary/aromatic N) is 1. The molecule has 1 saturated heterocycles. The van der Waals surface area contributed by atoms with Gasteiger partial charge in [0.15, 0.2) is 0 Å². The maximum absolute atomic E-state index is 12.1. The van der Waals surface area contributed by atoms with Crippen molar-refractivity contribution < 1.29 is 23.9 Å². The van der Waals surface area contributed by atoms with Crippen molar-refractivity contribution in [2.75, 3.05) is 26.0 Å². The normalized spacial score (nSPS) is 16.8. The average Bonchev–Trinajstić information content (AvgIpc) is 2.99. The van der Waals surface area contributed by atoms with E-state index in [-0.39, 0.29) is 23.8 Å². The Hall–Kier alpha value is -2.02. The van der Waals surface area contributed by atoms with Gasteiger partial charge in [-0.2, -0.15) is 0 Å². The number of benzene rings is 1. The molecule has 1 aromatic rings. The van der Waals surface area contributed by atoms with E-state index in [4.69, 9.17) is 4.74 Å². The molecule has 0 saturated carbocycles. The summed E-state index contributed by atoms with van der Waals surface area (Å²) in [5.74, 6) is -0.554. The highest BCUT2D eigenvalue weighted by molar-refractivity contribution is 8.00. The highest BCUT2D eigenvalue weighted by Gasteiger charge is 2.34. The van der Waals surface area contributed by atoms with Gasteiger partial charge in [0.25, 0.3) is 0 Å². The molecule has 0 aliphatic carbocycles. The van der Waals surface area contributed by atoms with Crippen LogP contribution in [0, 0.1) is 0 Å². The predicted octanol–water partition coefficient (Wildman–Crippen LogP) is 2.78. The largest absolute Gasteiger partial charge is 0.465 e. The maximum Gasteiger partial charge on any atom is 0.337 e. The first kappa shape index (κ1) is 19.3. The molecule has 25 heavy (non-hydrogen) atoms. The molecule has 2 rings (SSSR count). The lowest BCUT2D eigenvalue weighted by Gasteiger charge is -2.23. The third kappa shape index (κ3) is 5.22. The number of thioether (sulfide) groups is 1. The summed E-state index contributed by atoms with van der Waals surface area (Å²) in [6.07, 6.45) is 2.91. The van der Waals surface area contributed by atoms with Crippen LogP contribution in [0.2, 0.25) is 0 Å². The first-order valence-corrected chi connectivity index (χ1v) is 9.36. The number of rotatable bonds is 8. The lowest BCUT2D eigenvalue weighted by Crippen LogP contribution is -2.34. The number of carbonyl (C=O) groups excluding carboxylic acids is 3. The van der Waals surface area contributed by atoms with Gasteiger partial charge >= 0.3 is 11.9 Å². The first-order valence-electron chi connectivity index (χ1n) is 8.31. The second-order valence-electron chi connectivity index (χ2n) is 5.73. The molecule has 6 nitrogen and oxygen atoms in total. The van der Waals surface area contributed by atoms with Crippen molar-refractivity contribution in [3.05, 3.63) is 35.4 Å². The summed E-state index contributed by atoms with van der Waals surface area (Å²) in [7, 11) is 1.33. The standard InChI is InChI=1S/C18H23NO5S/c1-3-4-5-10-24-16(21)11-19-15(20)12-25-17(19)13-6-8-14(9-7-13)18(22)23-2/h6-9,17H,3-5,10-12H2,1-2H3. The van der Waals surface area contributed by atoms with Crippen molar-refractivity contribution in [3.63, 3.8) is 0 Å². The second-order valence-corrected chi connectivity index (χ2v) is 6.79. The molecular formula is C18H23NO5S. The van der Waals surface area contributed by atoms with Gasteiger partial charge in [-0.05, 0) is 24.1 Å². The fraction of sp³-hybridized carbons (Fsp3) is 0.500. The van der Waals surface area contributed by atoms with Gasteiger partial charge < -0.3 is 14.4 Å². The molecule has 0 spiro atoms. The van der Waals surface area contributed by atoms with E-state index in [1.54, 1.807) is 24.3 Å². The van der Waals surface area contributed by atoms with Crippen LogP contribution in [0.25, 0.3) is 0 Å². The molecule has 1 aliphatic rings. The van der Waals surface area contributed by atoms with Gasteiger partial charge in [-0.3, -0.25) is 9.59 Å². The molecule has 1 aliphatic heterocycles. The summed E-state index contributed by atoms with van der Waals surface area (Å²) in [5.41, 5.74) is 1.31. The molecular weight excluding hydrogens is 342 g/mol. The van der Waals surface area contributed by atoms with Gasteiger partial charge in [-0.15, -0.1) is 11.8 Å². The topological polar surface area (TPSA) is 72.9 Å². The summed E-state index contributed by atoms with van der Waals surface area (Å²) in [6, 6.07) is 6.88. The number of hydrogen-bond donors (Lipinski definition) is 0. The fourth-order valence-corrected chi connectivity index (χ4v) is 3.71. The Kier molecular flexibility index (Phi) is 7.31. The number of unbranched alkanes of at least 4 members (excludes halogenated alkanes) is 2.